The third-order valence-electron chi connectivity index (χ3n) is 5.02. The number of likely N-dealkylation sites (tertiary alicyclic amines) is 1. The van der Waals surface area contributed by atoms with E-state index in [-0.39, 0.29) is 11.8 Å². The summed E-state index contributed by atoms with van der Waals surface area (Å²) >= 11 is 0. The van der Waals surface area contributed by atoms with Crippen LogP contribution in [0.4, 0.5) is 0 Å². The fourth-order valence-corrected chi connectivity index (χ4v) is 3.59. The second-order valence-electron chi connectivity index (χ2n) is 7.15. The highest BCUT2D eigenvalue weighted by Gasteiger charge is 2.29. The zero-order valence-electron chi connectivity index (χ0n) is 15.4. The van der Waals surface area contributed by atoms with Crippen LogP contribution in [0.5, 0.6) is 0 Å². The Hall–Kier alpha value is -2.66. The Morgan fingerprint density at radius 2 is 1.67 bits per heavy atom. The van der Waals surface area contributed by atoms with Crippen LogP contribution in [0.3, 0.4) is 0 Å². The highest BCUT2D eigenvalue weighted by molar-refractivity contribution is 5.85. The number of nitrogens with zero attached hydrogens (tertiary/aromatic N) is 1. The Labute approximate surface area is 160 Å². The predicted molar refractivity (Wildman–Crippen MR) is 104 cm³/mol. The quantitative estimate of drug-likeness (QED) is 0.791. The number of piperidine rings is 1. The number of carbonyl (C=O) groups is 2. The van der Waals surface area contributed by atoms with Crippen LogP contribution in [0.2, 0.25) is 0 Å². The van der Waals surface area contributed by atoms with Gasteiger partial charge in [-0.1, -0.05) is 60.7 Å². The molecule has 2 atom stereocenters. The van der Waals surface area contributed by atoms with E-state index in [1.807, 2.05) is 48.5 Å². The third kappa shape index (κ3) is 5.66. The molecule has 1 unspecified atom stereocenters. The van der Waals surface area contributed by atoms with Gasteiger partial charge in [-0.3, -0.25) is 9.69 Å². The summed E-state index contributed by atoms with van der Waals surface area (Å²) in [5.41, 5.74) is 2.13. The van der Waals surface area contributed by atoms with Gasteiger partial charge >= 0.3 is 5.97 Å². The number of aliphatic carboxylic acids is 1. The van der Waals surface area contributed by atoms with Crippen LogP contribution in [0, 0.1) is 5.92 Å². The van der Waals surface area contributed by atoms with Crippen molar-refractivity contribution >= 4 is 11.9 Å². The summed E-state index contributed by atoms with van der Waals surface area (Å²) in [4.78, 5) is 26.6. The molecule has 27 heavy (non-hydrogen) atoms. The topological polar surface area (TPSA) is 69.6 Å². The van der Waals surface area contributed by atoms with E-state index in [9.17, 15) is 14.7 Å². The Morgan fingerprint density at radius 1 is 1.04 bits per heavy atom. The van der Waals surface area contributed by atoms with Gasteiger partial charge in [0.25, 0.3) is 0 Å². The van der Waals surface area contributed by atoms with Crippen LogP contribution >= 0.6 is 0 Å². The lowest BCUT2D eigenvalue weighted by molar-refractivity contribution is -0.142. The van der Waals surface area contributed by atoms with Crippen molar-refractivity contribution in [3.05, 3.63) is 71.8 Å². The average molecular weight is 366 g/mol. The molecule has 0 saturated carbocycles. The molecule has 2 aromatic carbocycles. The average Bonchev–Trinajstić information content (AvgIpc) is 2.69. The van der Waals surface area contributed by atoms with Crippen LogP contribution in [-0.2, 0) is 22.6 Å². The Kier molecular flexibility index (Phi) is 6.60. The maximum Gasteiger partial charge on any atom is 0.326 e. The highest BCUT2D eigenvalue weighted by Crippen LogP contribution is 2.19. The van der Waals surface area contributed by atoms with Crippen LogP contribution in [-0.4, -0.2) is 41.0 Å². The largest absolute Gasteiger partial charge is 0.480 e. The molecule has 0 bridgehead atoms. The standard InChI is InChI=1S/C22H26N2O3/c25-21(23-20(22(26)27)14-17-8-3-1-4-9-17)19-12-7-13-24(16-19)15-18-10-5-2-6-11-18/h1-6,8-11,19-20H,7,12-16H2,(H,23,25)(H,26,27)/t19?,20-/m1/s1. The summed E-state index contributed by atoms with van der Waals surface area (Å²) in [6.07, 6.45) is 2.04. The Bertz CT molecular complexity index is 749. The number of carboxylic acids is 1. The van der Waals surface area contributed by atoms with Crippen molar-refractivity contribution in [1.82, 2.24) is 10.2 Å². The van der Waals surface area contributed by atoms with Crippen molar-refractivity contribution in [2.75, 3.05) is 13.1 Å². The highest BCUT2D eigenvalue weighted by atomic mass is 16.4. The lowest BCUT2D eigenvalue weighted by Gasteiger charge is -2.32. The first-order valence-corrected chi connectivity index (χ1v) is 9.45. The summed E-state index contributed by atoms with van der Waals surface area (Å²) in [5.74, 6) is -1.32. The maximum absolute atomic E-state index is 12.7. The van der Waals surface area contributed by atoms with Crippen LogP contribution in [0.25, 0.3) is 0 Å². The Morgan fingerprint density at radius 3 is 2.30 bits per heavy atom. The van der Waals surface area contributed by atoms with Crippen molar-refractivity contribution in [2.45, 2.75) is 31.8 Å². The summed E-state index contributed by atoms with van der Waals surface area (Å²) in [7, 11) is 0. The monoisotopic (exact) mass is 366 g/mol. The molecule has 0 spiro atoms. The van der Waals surface area contributed by atoms with Gasteiger partial charge in [-0.05, 0) is 30.5 Å². The number of hydrogen-bond donors (Lipinski definition) is 2. The van der Waals surface area contributed by atoms with E-state index in [0.29, 0.717) is 13.0 Å². The first-order valence-electron chi connectivity index (χ1n) is 9.45. The molecule has 5 heteroatoms. The molecule has 0 aliphatic carbocycles. The van der Waals surface area contributed by atoms with E-state index < -0.39 is 12.0 Å². The molecule has 1 aliphatic rings. The molecule has 1 aliphatic heterocycles. The van der Waals surface area contributed by atoms with Crippen LogP contribution < -0.4 is 5.32 Å². The molecule has 1 heterocycles. The van der Waals surface area contributed by atoms with E-state index in [4.69, 9.17) is 0 Å². The van der Waals surface area contributed by atoms with Gasteiger partial charge in [0.2, 0.25) is 5.91 Å². The predicted octanol–water partition coefficient (Wildman–Crippen LogP) is 2.71. The molecule has 2 aromatic rings. The molecule has 3 rings (SSSR count). The fraction of sp³-hybridized carbons (Fsp3) is 0.364. The van der Waals surface area contributed by atoms with Gasteiger partial charge in [-0.25, -0.2) is 4.79 Å². The van der Waals surface area contributed by atoms with E-state index in [0.717, 1.165) is 31.5 Å². The van der Waals surface area contributed by atoms with Gasteiger partial charge in [0.15, 0.2) is 0 Å². The zero-order chi connectivity index (χ0) is 19.1. The van der Waals surface area contributed by atoms with E-state index in [1.165, 1.54) is 5.56 Å². The second-order valence-corrected chi connectivity index (χ2v) is 7.15. The van der Waals surface area contributed by atoms with Crippen molar-refractivity contribution in [3.63, 3.8) is 0 Å². The number of nitrogens with one attached hydrogen (secondary N) is 1. The normalized spacial score (nSPS) is 18.6. The summed E-state index contributed by atoms with van der Waals surface area (Å²) < 4.78 is 0. The van der Waals surface area contributed by atoms with Crippen molar-refractivity contribution in [1.29, 1.82) is 0 Å². The van der Waals surface area contributed by atoms with Gasteiger partial charge < -0.3 is 10.4 Å². The zero-order valence-corrected chi connectivity index (χ0v) is 15.4. The minimum Gasteiger partial charge on any atom is -0.480 e. The van der Waals surface area contributed by atoms with Gasteiger partial charge in [-0.15, -0.1) is 0 Å². The number of benzene rings is 2. The Balaban J connectivity index is 1.57. The molecule has 1 amide bonds. The van der Waals surface area contributed by atoms with E-state index >= 15 is 0 Å². The number of rotatable bonds is 7. The number of amides is 1. The van der Waals surface area contributed by atoms with Gasteiger partial charge in [0.1, 0.15) is 6.04 Å². The smallest absolute Gasteiger partial charge is 0.326 e. The first-order chi connectivity index (χ1) is 13.1. The second kappa shape index (κ2) is 9.33. The van der Waals surface area contributed by atoms with E-state index in [2.05, 4.69) is 22.3 Å². The molecule has 0 aromatic heterocycles. The lowest BCUT2D eigenvalue weighted by atomic mass is 9.95. The molecular weight excluding hydrogens is 340 g/mol. The van der Waals surface area contributed by atoms with Gasteiger partial charge in [-0.2, -0.15) is 0 Å². The SMILES string of the molecule is O=C(N[C@H](Cc1ccccc1)C(=O)O)C1CCCN(Cc2ccccc2)C1. The van der Waals surface area contributed by atoms with Gasteiger partial charge in [0, 0.05) is 19.5 Å². The van der Waals surface area contributed by atoms with Crippen LogP contribution in [0.15, 0.2) is 60.7 Å². The minimum absolute atomic E-state index is 0.156. The molecule has 2 N–H and O–H groups in total. The number of hydrogen-bond acceptors (Lipinski definition) is 3. The third-order valence-corrected chi connectivity index (χ3v) is 5.02. The summed E-state index contributed by atoms with van der Waals surface area (Å²) in [6, 6.07) is 18.7. The van der Waals surface area contributed by atoms with Crippen molar-refractivity contribution in [3.8, 4) is 0 Å². The molecule has 0 radical (unpaired) electrons. The number of carbonyl (C=O) groups excluding carboxylic acids is 1. The fourth-order valence-electron chi connectivity index (χ4n) is 3.59. The lowest BCUT2D eigenvalue weighted by Crippen LogP contribution is -2.48. The van der Waals surface area contributed by atoms with E-state index in [1.54, 1.807) is 0 Å². The molecular formula is C22H26N2O3. The maximum atomic E-state index is 12.7. The molecule has 1 saturated heterocycles. The molecule has 1 fully saturated rings. The number of carboxylic acid groups (broad SMARTS) is 1. The minimum atomic E-state index is -0.996. The van der Waals surface area contributed by atoms with Crippen molar-refractivity contribution in [2.24, 2.45) is 5.92 Å². The van der Waals surface area contributed by atoms with Crippen molar-refractivity contribution < 1.29 is 14.7 Å². The van der Waals surface area contributed by atoms with Crippen LogP contribution in [0.1, 0.15) is 24.0 Å². The summed E-state index contributed by atoms with van der Waals surface area (Å²) in [5, 5.41) is 12.3. The summed E-state index contributed by atoms with van der Waals surface area (Å²) in [6.45, 7) is 2.44. The molecule has 5 nitrogen and oxygen atoms in total. The first kappa shape index (κ1) is 19.1. The van der Waals surface area contributed by atoms with Gasteiger partial charge in [0.05, 0.1) is 5.92 Å². The molecule has 142 valence electrons.